The molecule has 1 unspecified atom stereocenters. The van der Waals surface area contributed by atoms with Crippen LogP contribution in [0.3, 0.4) is 0 Å². The summed E-state index contributed by atoms with van der Waals surface area (Å²) < 4.78 is 5.36. The van der Waals surface area contributed by atoms with Gasteiger partial charge in [0.15, 0.2) is 5.78 Å². The van der Waals surface area contributed by atoms with Crippen LogP contribution in [0.1, 0.15) is 66.2 Å². The maximum absolute atomic E-state index is 12.9. The van der Waals surface area contributed by atoms with Gasteiger partial charge in [-0.05, 0) is 47.7 Å². The van der Waals surface area contributed by atoms with Crippen molar-refractivity contribution in [2.24, 2.45) is 0 Å². The predicted octanol–water partition coefficient (Wildman–Crippen LogP) is 1.44. The number of carbonyl (C=O) groups excluding carboxylic acids is 4. The number of esters is 1. The van der Waals surface area contributed by atoms with E-state index in [1.807, 2.05) is 6.92 Å². The third-order valence-electron chi connectivity index (χ3n) is 4.06. The SMILES string of the molecule is CCCCCC(NC(=O)CN(C)C)C(=O)N[C@@H](CCC(=O)C=N)C(=O)OC(C)(C)C. The van der Waals surface area contributed by atoms with E-state index in [1.165, 1.54) is 0 Å². The lowest BCUT2D eigenvalue weighted by atomic mass is 10.0. The number of amides is 2. The number of ketones is 1. The van der Waals surface area contributed by atoms with Crippen LogP contribution in [0.2, 0.25) is 0 Å². The molecule has 0 aliphatic carbocycles. The van der Waals surface area contributed by atoms with Gasteiger partial charge in [-0.3, -0.25) is 14.4 Å². The molecule has 0 heterocycles. The minimum Gasteiger partial charge on any atom is -0.458 e. The summed E-state index contributed by atoms with van der Waals surface area (Å²) in [5.74, 6) is -1.88. The van der Waals surface area contributed by atoms with Crippen molar-refractivity contribution in [2.75, 3.05) is 20.6 Å². The summed E-state index contributed by atoms with van der Waals surface area (Å²) in [5.41, 5.74) is -0.758. The van der Waals surface area contributed by atoms with Crippen LogP contribution in [0.15, 0.2) is 0 Å². The van der Waals surface area contributed by atoms with E-state index in [9.17, 15) is 19.2 Å². The maximum Gasteiger partial charge on any atom is 0.329 e. The molecule has 0 bridgehead atoms. The van der Waals surface area contributed by atoms with Crippen molar-refractivity contribution < 1.29 is 23.9 Å². The van der Waals surface area contributed by atoms with Crippen LogP contribution >= 0.6 is 0 Å². The van der Waals surface area contributed by atoms with Crippen molar-refractivity contribution in [1.29, 1.82) is 5.41 Å². The molecule has 0 spiro atoms. The Morgan fingerprint density at radius 2 is 1.67 bits per heavy atom. The highest BCUT2D eigenvalue weighted by Gasteiger charge is 2.30. The van der Waals surface area contributed by atoms with Crippen molar-refractivity contribution in [3.63, 3.8) is 0 Å². The van der Waals surface area contributed by atoms with Crippen molar-refractivity contribution >= 4 is 29.8 Å². The number of ether oxygens (including phenoxy) is 1. The lowest BCUT2D eigenvalue weighted by Gasteiger charge is -2.26. The molecule has 172 valence electrons. The Morgan fingerprint density at radius 3 is 2.17 bits per heavy atom. The van der Waals surface area contributed by atoms with Crippen LogP contribution < -0.4 is 10.6 Å². The highest BCUT2D eigenvalue weighted by atomic mass is 16.6. The Kier molecular flexibility index (Phi) is 12.8. The molecule has 0 saturated heterocycles. The molecule has 30 heavy (non-hydrogen) atoms. The van der Waals surface area contributed by atoms with Gasteiger partial charge in [0.25, 0.3) is 0 Å². The fourth-order valence-electron chi connectivity index (χ4n) is 2.65. The van der Waals surface area contributed by atoms with E-state index in [-0.39, 0.29) is 25.3 Å². The van der Waals surface area contributed by atoms with Gasteiger partial charge in [-0.1, -0.05) is 26.2 Å². The number of nitrogens with zero attached hydrogens (tertiary/aromatic N) is 1. The van der Waals surface area contributed by atoms with E-state index in [0.717, 1.165) is 19.3 Å². The summed E-state index contributed by atoms with van der Waals surface area (Å²) in [5, 5.41) is 12.4. The van der Waals surface area contributed by atoms with Crippen molar-refractivity contribution in [3.05, 3.63) is 0 Å². The van der Waals surface area contributed by atoms with Crippen molar-refractivity contribution in [2.45, 2.75) is 83.9 Å². The lowest BCUT2D eigenvalue weighted by Crippen LogP contribution is -2.53. The third kappa shape index (κ3) is 13.0. The molecule has 2 amide bonds. The summed E-state index contributed by atoms with van der Waals surface area (Å²) >= 11 is 0. The molecule has 2 atom stereocenters. The van der Waals surface area contributed by atoms with Gasteiger partial charge in [0, 0.05) is 6.42 Å². The van der Waals surface area contributed by atoms with Gasteiger partial charge in [0.2, 0.25) is 11.8 Å². The monoisotopic (exact) mass is 426 g/mol. The van der Waals surface area contributed by atoms with E-state index in [1.54, 1.807) is 39.8 Å². The first kappa shape index (κ1) is 27.7. The first-order chi connectivity index (χ1) is 13.9. The second-order valence-electron chi connectivity index (χ2n) is 8.60. The highest BCUT2D eigenvalue weighted by molar-refractivity contribution is 6.26. The molecule has 9 nitrogen and oxygen atoms in total. The standard InChI is InChI=1S/C21H38N4O5/c1-7-8-9-10-16(23-18(27)14-25(5)6)19(28)24-17(12-11-15(26)13-22)20(29)30-21(2,3)4/h13,16-17,22H,7-12,14H2,1-6H3,(H,23,27)(H,24,28)/t16?,17-/m0/s1. The van der Waals surface area contributed by atoms with E-state index >= 15 is 0 Å². The molecule has 9 heteroatoms. The Morgan fingerprint density at radius 1 is 1.03 bits per heavy atom. The zero-order chi connectivity index (χ0) is 23.3. The molecule has 3 N–H and O–H groups in total. The van der Waals surface area contributed by atoms with Gasteiger partial charge in [-0.2, -0.15) is 0 Å². The first-order valence-electron chi connectivity index (χ1n) is 10.4. The molecule has 0 radical (unpaired) electrons. The minimum absolute atomic E-state index is 0.0161. The fourth-order valence-corrected chi connectivity index (χ4v) is 2.65. The molecule has 0 aromatic carbocycles. The molecule has 0 saturated carbocycles. The molecule has 0 aromatic heterocycles. The number of carbonyl (C=O) groups is 4. The number of likely N-dealkylation sites (N-methyl/N-ethyl adjacent to an activating group) is 1. The first-order valence-corrected chi connectivity index (χ1v) is 10.4. The van der Waals surface area contributed by atoms with E-state index in [4.69, 9.17) is 10.1 Å². The Hall–Kier alpha value is -2.29. The average molecular weight is 427 g/mol. The fraction of sp³-hybridized carbons (Fsp3) is 0.762. The van der Waals surface area contributed by atoms with Gasteiger partial charge in [0.05, 0.1) is 12.8 Å². The van der Waals surface area contributed by atoms with Crippen LogP contribution in [0.4, 0.5) is 0 Å². The van der Waals surface area contributed by atoms with Gasteiger partial charge >= 0.3 is 5.97 Å². The smallest absolute Gasteiger partial charge is 0.329 e. The summed E-state index contributed by atoms with van der Waals surface area (Å²) in [6.07, 6.45) is 3.70. The van der Waals surface area contributed by atoms with Gasteiger partial charge in [0.1, 0.15) is 17.7 Å². The molecule has 0 aliphatic rings. The summed E-state index contributed by atoms with van der Waals surface area (Å²) in [6.45, 7) is 7.31. The minimum atomic E-state index is -1.04. The van der Waals surface area contributed by atoms with E-state index in [0.29, 0.717) is 12.6 Å². The molecule has 0 rings (SSSR count). The molecule has 0 aliphatic heterocycles. The maximum atomic E-state index is 12.9. The summed E-state index contributed by atoms with van der Waals surface area (Å²) in [6, 6.07) is -1.83. The van der Waals surface area contributed by atoms with E-state index in [2.05, 4.69) is 10.6 Å². The molecule has 0 fully saturated rings. The van der Waals surface area contributed by atoms with Crippen LogP contribution in [-0.4, -0.2) is 73.0 Å². The molecule has 0 aromatic rings. The number of rotatable bonds is 14. The second-order valence-corrected chi connectivity index (χ2v) is 8.60. The zero-order valence-corrected chi connectivity index (χ0v) is 19.2. The largest absolute Gasteiger partial charge is 0.458 e. The highest BCUT2D eigenvalue weighted by Crippen LogP contribution is 2.12. The van der Waals surface area contributed by atoms with Crippen molar-refractivity contribution in [3.8, 4) is 0 Å². The summed E-state index contributed by atoms with van der Waals surface area (Å²) in [4.78, 5) is 50.8. The average Bonchev–Trinajstić information content (AvgIpc) is 2.61. The van der Waals surface area contributed by atoms with Gasteiger partial charge in [-0.25, -0.2) is 4.79 Å². The van der Waals surface area contributed by atoms with Crippen LogP contribution in [0.5, 0.6) is 0 Å². The van der Waals surface area contributed by atoms with Crippen molar-refractivity contribution in [1.82, 2.24) is 15.5 Å². The number of hydrogen-bond acceptors (Lipinski definition) is 7. The number of unbranched alkanes of at least 4 members (excludes halogenated alkanes) is 2. The zero-order valence-electron chi connectivity index (χ0n) is 19.2. The quantitative estimate of drug-likeness (QED) is 0.219. The third-order valence-corrected chi connectivity index (χ3v) is 4.06. The number of hydrogen-bond donors (Lipinski definition) is 3. The van der Waals surface area contributed by atoms with Crippen LogP contribution in [-0.2, 0) is 23.9 Å². The number of Topliss-reactive ketones (excluding diaryl/α,β-unsaturated/α-hetero) is 1. The van der Waals surface area contributed by atoms with Gasteiger partial charge < -0.3 is 25.7 Å². The molecular formula is C21H38N4O5. The molecular weight excluding hydrogens is 388 g/mol. The Labute approximate surface area is 179 Å². The van der Waals surface area contributed by atoms with Crippen LogP contribution in [0.25, 0.3) is 0 Å². The van der Waals surface area contributed by atoms with Crippen LogP contribution in [0, 0.1) is 5.41 Å². The summed E-state index contributed by atoms with van der Waals surface area (Å²) in [7, 11) is 3.51. The predicted molar refractivity (Wildman–Crippen MR) is 115 cm³/mol. The van der Waals surface area contributed by atoms with Gasteiger partial charge in [-0.15, -0.1) is 0 Å². The second kappa shape index (κ2) is 13.8. The topological polar surface area (TPSA) is 129 Å². The Bertz CT molecular complexity index is 599. The van der Waals surface area contributed by atoms with E-state index < -0.39 is 35.3 Å². The number of nitrogens with one attached hydrogen (secondary N) is 3. The lowest BCUT2D eigenvalue weighted by molar-refractivity contribution is -0.159. The Balaban J connectivity index is 5.32. The normalized spacial score (nSPS) is 13.3.